The zero-order valence-corrected chi connectivity index (χ0v) is 20.9. The van der Waals surface area contributed by atoms with E-state index in [2.05, 4.69) is 20.5 Å². The maximum Gasteiger partial charge on any atom is 0.236 e. The van der Waals surface area contributed by atoms with Gasteiger partial charge in [-0.1, -0.05) is 42.1 Å². The molecular weight excluding hydrogens is 470 g/mol. The number of carbonyl (C=O) groups excluding carboxylic acids is 1. The average molecular weight is 496 g/mol. The molecule has 1 amide bonds. The number of aromatic nitrogens is 4. The number of hydrogen-bond acceptors (Lipinski definition) is 8. The summed E-state index contributed by atoms with van der Waals surface area (Å²) in [4.78, 5) is 18.2. The lowest BCUT2D eigenvalue weighted by molar-refractivity contribution is -0.113. The Balaban J connectivity index is 1.34. The first-order valence-electron chi connectivity index (χ1n) is 10.6. The minimum atomic E-state index is -0.316. The van der Waals surface area contributed by atoms with Crippen molar-refractivity contribution >= 4 is 34.1 Å². The molecule has 34 heavy (non-hydrogen) atoms. The Morgan fingerprint density at radius 1 is 1.12 bits per heavy atom. The van der Waals surface area contributed by atoms with Crippen molar-refractivity contribution in [3.05, 3.63) is 65.3 Å². The van der Waals surface area contributed by atoms with E-state index in [-0.39, 0.29) is 17.8 Å². The molecule has 1 N–H and O–H groups in total. The van der Waals surface area contributed by atoms with Crippen LogP contribution in [0.3, 0.4) is 0 Å². The predicted molar refractivity (Wildman–Crippen MR) is 135 cm³/mol. The number of nitrogens with one attached hydrogen (secondary N) is 1. The molecule has 10 heteroatoms. The van der Waals surface area contributed by atoms with Gasteiger partial charge in [-0.2, -0.15) is 0 Å². The summed E-state index contributed by atoms with van der Waals surface area (Å²) in [6.45, 7) is 3.91. The fourth-order valence-corrected chi connectivity index (χ4v) is 4.89. The number of methoxy groups -OCH3 is 1. The molecule has 176 valence electrons. The van der Waals surface area contributed by atoms with Gasteiger partial charge in [0, 0.05) is 17.5 Å². The van der Waals surface area contributed by atoms with Crippen LogP contribution >= 0.6 is 23.1 Å². The molecule has 1 unspecified atom stereocenters. The molecule has 0 saturated carbocycles. The first kappa shape index (κ1) is 23.8. The summed E-state index contributed by atoms with van der Waals surface area (Å²) >= 11 is 2.78. The van der Waals surface area contributed by atoms with Crippen LogP contribution in [0.25, 0.3) is 11.3 Å². The van der Waals surface area contributed by atoms with Crippen LogP contribution in [0.2, 0.25) is 0 Å². The molecular formula is C24H25N5O3S2. The Kier molecular flexibility index (Phi) is 7.49. The second-order valence-electron chi connectivity index (χ2n) is 7.46. The average Bonchev–Trinajstić information content (AvgIpc) is 3.40. The van der Waals surface area contributed by atoms with Gasteiger partial charge in [-0.25, -0.2) is 4.98 Å². The maximum atomic E-state index is 12.5. The molecule has 0 spiro atoms. The number of anilines is 1. The van der Waals surface area contributed by atoms with Crippen LogP contribution in [0.5, 0.6) is 11.5 Å². The molecule has 0 radical (unpaired) electrons. The van der Waals surface area contributed by atoms with E-state index in [1.54, 1.807) is 7.11 Å². The second kappa shape index (κ2) is 10.7. The number of hydrogen-bond donors (Lipinski definition) is 1. The number of amides is 1. The second-order valence-corrected chi connectivity index (χ2v) is 9.61. The number of nitrogens with zero attached hydrogens (tertiary/aromatic N) is 4. The van der Waals surface area contributed by atoms with Crippen molar-refractivity contribution in [2.75, 3.05) is 18.2 Å². The zero-order valence-electron chi connectivity index (χ0n) is 19.3. The van der Waals surface area contributed by atoms with Crippen molar-refractivity contribution in [2.45, 2.75) is 25.1 Å². The van der Waals surface area contributed by atoms with Gasteiger partial charge in [-0.05, 0) is 38.1 Å². The van der Waals surface area contributed by atoms with Crippen LogP contribution in [-0.4, -0.2) is 38.5 Å². The van der Waals surface area contributed by atoms with Crippen molar-refractivity contribution in [1.29, 1.82) is 0 Å². The smallest absolute Gasteiger partial charge is 0.236 e. The lowest BCUT2D eigenvalue weighted by Crippen LogP contribution is -2.14. The summed E-state index contributed by atoms with van der Waals surface area (Å²) in [5.41, 5.74) is 1.92. The van der Waals surface area contributed by atoms with Crippen molar-refractivity contribution < 1.29 is 14.3 Å². The largest absolute Gasteiger partial charge is 0.497 e. The lowest BCUT2D eigenvalue weighted by Gasteiger charge is -2.14. The standard InChI is InChI=1S/C24H25N5O3S2/c1-15(32-19-12-10-18(31-4)11-13-19)22-27-28-24(29(22)3)33-14-20(30)25-23-26-21(16(2)34-23)17-8-6-5-7-9-17/h5-13,15H,14H2,1-4H3,(H,25,26,30). The van der Waals surface area contributed by atoms with Crippen molar-refractivity contribution in [3.63, 3.8) is 0 Å². The van der Waals surface area contributed by atoms with E-state index in [1.165, 1.54) is 23.1 Å². The molecule has 0 aliphatic carbocycles. The quantitative estimate of drug-likeness (QED) is 0.322. The number of thioether (sulfide) groups is 1. The van der Waals surface area contributed by atoms with Crippen LogP contribution in [0.15, 0.2) is 59.8 Å². The minimum Gasteiger partial charge on any atom is -0.497 e. The molecule has 0 aliphatic rings. The van der Waals surface area contributed by atoms with Gasteiger partial charge in [0.05, 0.1) is 18.6 Å². The van der Waals surface area contributed by atoms with Gasteiger partial charge in [0.2, 0.25) is 5.91 Å². The number of aryl methyl sites for hydroxylation is 1. The van der Waals surface area contributed by atoms with Crippen LogP contribution in [0.1, 0.15) is 23.7 Å². The third-order valence-electron chi connectivity index (χ3n) is 5.03. The van der Waals surface area contributed by atoms with E-state index in [4.69, 9.17) is 9.47 Å². The topological polar surface area (TPSA) is 91.2 Å². The first-order chi connectivity index (χ1) is 16.4. The van der Waals surface area contributed by atoms with E-state index in [0.717, 1.165) is 21.9 Å². The summed E-state index contributed by atoms with van der Waals surface area (Å²) in [6, 6.07) is 17.3. The Hall–Kier alpha value is -3.37. The lowest BCUT2D eigenvalue weighted by atomic mass is 10.1. The number of ether oxygens (including phenoxy) is 2. The highest BCUT2D eigenvalue weighted by Crippen LogP contribution is 2.30. The first-order valence-corrected chi connectivity index (χ1v) is 12.4. The van der Waals surface area contributed by atoms with E-state index in [9.17, 15) is 4.79 Å². The van der Waals surface area contributed by atoms with Crippen LogP contribution in [-0.2, 0) is 11.8 Å². The SMILES string of the molecule is COc1ccc(OC(C)c2nnc(SCC(=O)Nc3nc(-c4ccccc4)c(C)s3)n2C)cc1. The summed E-state index contributed by atoms with van der Waals surface area (Å²) in [6.07, 6.45) is -0.316. The Morgan fingerprint density at radius 2 is 1.82 bits per heavy atom. The van der Waals surface area contributed by atoms with Crippen LogP contribution in [0, 0.1) is 6.92 Å². The molecule has 2 aromatic heterocycles. The van der Waals surface area contributed by atoms with Gasteiger partial charge in [-0.15, -0.1) is 21.5 Å². The molecule has 0 saturated heterocycles. The van der Waals surface area contributed by atoms with E-state index < -0.39 is 0 Å². The van der Waals surface area contributed by atoms with Gasteiger partial charge in [0.15, 0.2) is 22.2 Å². The van der Waals surface area contributed by atoms with Crippen LogP contribution in [0.4, 0.5) is 5.13 Å². The molecule has 4 aromatic rings. The fraction of sp³-hybridized carbons (Fsp3) is 0.250. The number of benzene rings is 2. The third kappa shape index (κ3) is 5.57. The molecule has 0 aliphatic heterocycles. The zero-order chi connectivity index (χ0) is 24.1. The summed E-state index contributed by atoms with van der Waals surface area (Å²) in [5.74, 6) is 2.18. The van der Waals surface area contributed by atoms with Gasteiger partial charge in [-0.3, -0.25) is 4.79 Å². The van der Waals surface area contributed by atoms with Gasteiger partial charge >= 0.3 is 0 Å². The number of rotatable bonds is 9. The Labute approximate surface area is 206 Å². The van der Waals surface area contributed by atoms with Gasteiger partial charge in [0.25, 0.3) is 0 Å². The van der Waals surface area contributed by atoms with Crippen LogP contribution < -0.4 is 14.8 Å². The molecule has 1 atom stereocenters. The number of carbonyl (C=O) groups is 1. The highest BCUT2D eigenvalue weighted by Gasteiger charge is 2.19. The highest BCUT2D eigenvalue weighted by atomic mass is 32.2. The fourth-order valence-electron chi connectivity index (χ4n) is 3.32. The maximum absolute atomic E-state index is 12.5. The minimum absolute atomic E-state index is 0.148. The molecule has 2 heterocycles. The third-order valence-corrected chi connectivity index (χ3v) is 6.93. The highest BCUT2D eigenvalue weighted by molar-refractivity contribution is 7.99. The molecule has 0 bridgehead atoms. The number of thiazole rings is 1. The molecule has 0 fully saturated rings. The molecule has 4 rings (SSSR count). The van der Waals surface area contributed by atoms with Crippen molar-refractivity contribution in [1.82, 2.24) is 19.7 Å². The van der Waals surface area contributed by atoms with Crippen molar-refractivity contribution in [3.8, 4) is 22.8 Å². The Morgan fingerprint density at radius 3 is 2.53 bits per heavy atom. The summed E-state index contributed by atoms with van der Waals surface area (Å²) in [5, 5.41) is 12.6. The predicted octanol–water partition coefficient (Wildman–Crippen LogP) is 5.13. The van der Waals surface area contributed by atoms with E-state index in [0.29, 0.717) is 21.9 Å². The van der Waals surface area contributed by atoms with E-state index in [1.807, 2.05) is 80.1 Å². The van der Waals surface area contributed by atoms with Gasteiger partial charge < -0.3 is 19.4 Å². The Bertz CT molecular complexity index is 1260. The van der Waals surface area contributed by atoms with Crippen molar-refractivity contribution in [2.24, 2.45) is 7.05 Å². The van der Waals surface area contributed by atoms with E-state index >= 15 is 0 Å². The summed E-state index contributed by atoms with van der Waals surface area (Å²) < 4.78 is 13.0. The normalized spacial score (nSPS) is 11.8. The molecule has 2 aromatic carbocycles. The molecule has 8 nitrogen and oxygen atoms in total. The van der Waals surface area contributed by atoms with Gasteiger partial charge in [0.1, 0.15) is 11.5 Å². The monoisotopic (exact) mass is 495 g/mol. The summed E-state index contributed by atoms with van der Waals surface area (Å²) in [7, 11) is 3.48.